The zero-order valence-electron chi connectivity index (χ0n) is 21.1. The molecule has 198 valence electrons. The Morgan fingerprint density at radius 2 is 1.74 bits per heavy atom. The van der Waals surface area contributed by atoms with E-state index in [9.17, 15) is 18.3 Å². The van der Waals surface area contributed by atoms with Gasteiger partial charge in [-0.15, -0.1) is 0 Å². The Kier molecular flexibility index (Phi) is 8.42. The molecule has 4 rings (SSSR count). The van der Waals surface area contributed by atoms with Crippen LogP contribution in [0.15, 0.2) is 85.9 Å². The summed E-state index contributed by atoms with van der Waals surface area (Å²) in [6.45, 7) is 6.06. The van der Waals surface area contributed by atoms with E-state index in [2.05, 4.69) is 20.9 Å². The molecular formula is C28H27BrClN3O4S. The Bertz CT molecular complexity index is 1700. The molecule has 7 nitrogen and oxygen atoms in total. The third-order valence-electron chi connectivity index (χ3n) is 6.36. The van der Waals surface area contributed by atoms with Gasteiger partial charge in [-0.05, 0) is 48.9 Å². The Labute approximate surface area is 235 Å². The number of hydrogen-bond donors (Lipinski definition) is 1. The highest BCUT2D eigenvalue weighted by Crippen LogP contribution is 2.31. The van der Waals surface area contributed by atoms with Gasteiger partial charge in [-0.25, -0.2) is 13.0 Å². The minimum Gasteiger partial charge on any atom is -0.494 e. The topological polar surface area (TPSA) is 92.0 Å². The van der Waals surface area contributed by atoms with Gasteiger partial charge < -0.3 is 5.11 Å². The van der Waals surface area contributed by atoms with Gasteiger partial charge in [-0.2, -0.15) is 4.31 Å². The molecule has 0 bridgehead atoms. The Hall–Kier alpha value is -2.98. The molecule has 1 heterocycles. The molecule has 0 unspecified atom stereocenters. The number of aliphatic imine (C=N–C) groups is 1. The molecule has 3 aromatic carbocycles. The minimum atomic E-state index is -3.77. The van der Waals surface area contributed by atoms with E-state index in [1.807, 2.05) is 13.0 Å². The van der Waals surface area contributed by atoms with Gasteiger partial charge in [-0.3, -0.25) is 9.79 Å². The van der Waals surface area contributed by atoms with E-state index < -0.39 is 15.6 Å². The zero-order valence-corrected chi connectivity index (χ0v) is 24.3. The quantitative estimate of drug-likeness (QED) is 0.235. The Balaban J connectivity index is 1.89. The summed E-state index contributed by atoms with van der Waals surface area (Å²) < 4.78 is 29.5. The highest BCUT2D eigenvalue weighted by Gasteiger charge is 2.23. The van der Waals surface area contributed by atoms with Crippen molar-refractivity contribution in [3.63, 3.8) is 0 Å². The van der Waals surface area contributed by atoms with Crippen molar-refractivity contribution >= 4 is 54.5 Å². The summed E-state index contributed by atoms with van der Waals surface area (Å²) in [5.41, 5.74) is 1.00. The van der Waals surface area contributed by atoms with Crippen molar-refractivity contribution in [1.29, 1.82) is 0 Å². The third kappa shape index (κ3) is 5.29. The maximum atomic E-state index is 13.5. The van der Waals surface area contributed by atoms with E-state index in [-0.39, 0.29) is 22.5 Å². The largest absolute Gasteiger partial charge is 0.494 e. The summed E-state index contributed by atoms with van der Waals surface area (Å²) in [5, 5.41) is 12.9. The van der Waals surface area contributed by atoms with Crippen LogP contribution in [0.2, 0.25) is 5.02 Å². The number of sulfonamides is 1. The number of aromatic nitrogens is 1. The second kappa shape index (κ2) is 11.4. The molecule has 0 aliphatic heterocycles. The monoisotopic (exact) mass is 615 g/mol. The van der Waals surface area contributed by atoms with E-state index in [1.54, 1.807) is 62.4 Å². The molecule has 38 heavy (non-hydrogen) atoms. The molecule has 0 aliphatic carbocycles. The standard InChI is InChI=1S/C28H27BrClN3O4S/c1-4-32(5-2)38(36,37)21-10-8-9-20(16-21)33-27(34)24-12-7-6-11-23(24)25(28(33)35)17-31-18(3)22-14-13-19(30)15-26(22)29/h6-18,35H,4-5H2,1-3H3/t18-/m0/s1. The van der Waals surface area contributed by atoms with Crippen LogP contribution < -0.4 is 5.56 Å². The highest BCUT2D eigenvalue weighted by atomic mass is 79.9. The lowest BCUT2D eigenvalue weighted by Gasteiger charge is -2.19. The minimum absolute atomic E-state index is 0.0367. The summed E-state index contributed by atoms with van der Waals surface area (Å²) in [5.74, 6) is -0.336. The van der Waals surface area contributed by atoms with Crippen LogP contribution in [0.5, 0.6) is 5.88 Å². The number of aromatic hydroxyl groups is 1. The SMILES string of the molecule is CCN(CC)S(=O)(=O)c1cccc(-n2c(O)c(C=N[C@@H](C)c3ccc(Cl)cc3Br)c3ccccc3c2=O)c1. The average Bonchev–Trinajstić information content (AvgIpc) is 2.89. The Morgan fingerprint density at radius 1 is 1.05 bits per heavy atom. The van der Waals surface area contributed by atoms with Crippen LogP contribution >= 0.6 is 27.5 Å². The lowest BCUT2D eigenvalue weighted by Crippen LogP contribution is -2.30. The van der Waals surface area contributed by atoms with Crippen LogP contribution in [0.3, 0.4) is 0 Å². The number of nitrogens with zero attached hydrogens (tertiary/aromatic N) is 3. The molecule has 1 aromatic heterocycles. The molecule has 0 fully saturated rings. The summed E-state index contributed by atoms with van der Waals surface area (Å²) in [7, 11) is -3.77. The molecule has 1 N–H and O–H groups in total. The molecule has 0 amide bonds. The summed E-state index contributed by atoms with van der Waals surface area (Å²) in [6, 6.07) is 18.1. The van der Waals surface area contributed by atoms with Gasteiger partial charge in [0.2, 0.25) is 15.9 Å². The van der Waals surface area contributed by atoms with Gasteiger partial charge in [0.05, 0.1) is 22.2 Å². The smallest absolute Gasteiger partial charge is 0.265 e. The number of fused-ring (bicyclic) bond motifs is 1. The number of hydrogen-bond acceptors (Lipinski definition) is 5. The second-order valence-electron chi connectivity index (χ2n) is 8.63. The fourth-order valence-corrected chi connectivity index (χ4v) is 6.84. The zero-order chi connectivity index (χ0) is 27.6. The van der Waals surface area contributed by atoms with Crippen LogP contribution in [0.4, 0.5) is 0 Å². The van der Waals surface area contributed by atoms with E-state index >= 15 is 0 Å². The van der Waals surface area contributed by atoms with Crippen LogP contribution in [0.25, 0.3) is 16.5 Å². The predicted octanol–water partition coefficient (Wildman–Crippen LogP) is 6.32. The highest BCUT2D eigenvalue weighted by molar-refractivity contribution is 9.10. The molecule has 4 aromatic rings. The van der Waals surface area contributed by atoms with Crippen molar-refractivity contribution in [3.05, 3.63) is 97.7 Å². The van der Waals surface area contributed by atoms with Crippen molar-refractivity contribution < 1.29 is 13.5 Å². The van der Waals surface area contributed by atoms with Gasteiger partial charge in [0, 0.05) is 39.6 Å². The van der Waals surface area contributed by atoms with Gasteiger partial charge >= 0.3 is 0 Å². The van der Waals surface area contributed by atoms with E-state index in [0.717, 1.165) is 14.6 Å². The number of rotatable bonds is 8. The molecule has 0 radical (unpaired) electrons. The van der Waals surface area contributed by atoms with E-state index in [0.29, 0.717) is 34.4 Å². The summed E-state index contributed by atoms with van der Waals surface area (Å²) >= 11 is 9.59. The molecule has 0 saturated heterocycles. The maximum Gasteiger partial charge on any atom is 0.265 e. The van der Waals surface area contributed by atoms with Crippen LogP contribution in [-0.2, 0) is 10.0 Å². The van der Waals surface area contributed by atoms with Crippen molar-refractivity contribution in [3.8, 4) is 11.6 Å². The lowest BCUT2D eigenvalue weighted by atomic mass is 10.1. The van der Waals surface area contributed by atoms with Gasteiger partial charge in [-0.1, -0.05) is 71.7 Å². The first-order chi connectivity index (χ1) is 18.1. The maximum absolute atomic E-state index is 13.5. The van der Waals surface area contributed by atoms with E-state index in [1.165, 1.54) is 22.7 Å². The summed E-state index contributed by atoms with van der Waals surface area (Å²) in [4.78, 5) is 18.2. The second-order valence-corrected chi connectivity index (χ2v) is 11.9. The first kappa shape index (κ1) is 28.0. The predicted molar refractivity (Wildman–Crippen MR) is 156 cm³/mol. The van der Waals surface area contributed by atoms with Crippen molar-refractivity contribution in [2.45, 2.75) is 31.7 Å². The first-order valence-electron chi connectivity index (χ1n) is 12.1. The third-order valence-corrected chi connectivity index (χ3v) is 9.33. The van der Waals surface area contributed by atoms with Crippen molar-refractivity contribution in [2.24, 2.45) is 4.99 Å². The van der Waals surface area contributed by atoms with Crippen LogP contribution in [-0.4, -0.2) is 41.7 Å². The molecule has 0 saturated carbocycles. The van der Waals surface area contributed by atoms with Gasteiger partial charge in [0.25, 0.3) is 5.56 Å². The number of pyridine rings is 1. The number of benzene rings is 3. The molecule has 0 aliphatic rings. The fourth-order valence-electron chi connectivity index (χ4n) is 4.33. The fraction of sp³-hybridized carbons (Fsp3) is 0.214. The summed E-state index contributed by atoms with van der Waals surface area (Å²) in [6.07, 6.45) is 1.54. The normalized spacial score (nSPS) is 13.0. The van der Waals surface area contributed by atoms with Crippen LogP contribution in [0, 0.1) is 0 Å². The van der Waals surface area contributed by atoms with Crippen LogP contribution in [0.1, 0.15) is 37.9 Å². The van der Waals surface area contributed by atoms with Gasteiger partial charge in [0.1, 0.15) is 0 Å². The van der Waals surface area contributed by atoms with Gasteiger partial charge in [0.15, 0.2) is 0 Å². The Morgan fingerprint density at radius 3 is 2.39 bits per heavy atom. The molecule has 1 atom stereocenters. The van der Waals surface area contributed by atoms with E-state index in [4.69, 9.17) is 11.6 Å². The average molecular weight is 617 g/mol. The van der Waals surface area contributed by atoms with Crippen molar-refractivity contribution in [2.75, 3.05) is 13.1 Å². The molecule has 0 spiro atoms. The molecular weight excluding hydrogens is 590 g/mol. The first-order valence-corrected chi connectivity index (χ1v) is 14.7. The lowest BCUT2D eigenvalue weighted by molar-refractivity contribution is 0.435. The number of halogens is 2. The van der Waals surface area contributed by atoms with Crippen molar-refractivity contribution in [1.82, 2.24) is 8.87 Å². The molecule has 10 heteroatoms.